The van der Waals surface area contributed by atoms with Crippen LogP contribution < -0.4 is 0 Å². The molecule has 0 radical (unpaired) electrons. The number of nitrogens with zero attached hydrogens (tertiary/aromatic N) is 1. The van der Waals surface area contributed by atoms with Crippen LogP contribution in [0.1, 0.15) is 20.8 Å². The van der Waals surface area contributed by atoms with Crippen molar-refractivity contribution in [1.29, 1.82) is 0 Å². The zero-order chi connectivity index (χ0) is 13.5. The molecule has 1 aromatic heterocycles. The highest BCUT2D eigenvalue weighted by Gasteiger charge is 2.19. The van der Waals surface area contributed by atoms with E-state index in [1.54, 1.807) is 30.5 Å². The Hall–Kier alpha value is -0.910. The van der Waals surface area contributed by atoms with E-state index in [4.69, 9.17) is 9.47 Å². The molecular weight excluding hydrogens is 250 g/mol. The van der Waals surface area contributed by atoms with Crippen LogP contribution in [0.15, 0.2) is 5.38 Å². The van der Waals surface area contributed by atoms with Gasteiger partial charge >= 0.3 is 0 Å². The number of ether oxygens (including phenoxy) is 2. The van der Waals surface area contributed by atoms with Crippen LogP contribution in [0.5, 0.6) is 0 Å². The highest BCUT2D eigenvalue weighted by atomic mass is 32.1. The summed E-state index contributed by atoms with van der Waals surface area (Å²) in [5, 5.41) is 1.93. The Balaban J connectivity index is 2.77. The van der Waals surface area contributed by atoms with E-state index in [-0.39, 0.29) is 5.91 Å². The lowest BCUT2D eigenvalue weighted by Gasteiger charge is -2.22. The Morgan fingerprint density at radius 1 is 1.22 bits per heavy atom. The van der Waals surface area contributed by atoms with Crippen LogP contribution in [-0.4, -0.2) is 51.3 Å². The van der Waals surface area contributed by atoms with E-state index in [1.165, 1.54) is 4.88 Å². The monoisotopic (exact) mass is 271 g/mol. The van der Waals surface area contributed by atoms with Crippen molar-refractivity contribution in [3.8, 4) is 0 Å². The van der Waals surface area contributed by atoms with Crippen LogP contribution in [0.3, 0.4) is 0 Å². The lowest BCUT2D eigenvalue weighted by molar-refractivity contribution is 0.0627. The first-order valence-corrected chi connectivity index (χ1v) is 6.81. The minimum Gasteiger partial charge on any atom is -0.383 e. The van der Waals surface area contributed by atoms with E-state index < -0.39 is 0 Å². The highest BCUT2D eigenvalue weighted by Crippen LogP contribution is 2.21. The molecule has 0 aliphatic rings. The summed E-state index contributed by atoms with van der Waals surface area (Å²) < 4.78 is 10.1. The summed E-state index contributed by atoms with van der Waals surface area (Å²) >= 11 is 1.61. The first-order chi connectivity index (χ1) is 8.61. The lowest BCUT2D eigenvalue weighted by atomic mass is 10.1. The average molecular weight is 271 g/mol. The molecule has 0 bridgehead atoms. The van der Waals surface area contributed by atoms with Gasteiger partial charge in [-0.3, -0.25) is 4.79 Å². The van der Waals surface area contributed by atoms with Gasteiger partial charge in [0.05, 0.1) is 18.8 Å². The van der Waals surface area contributed by atoms with Crippen molar-refractivity contribution >= 4 is 17.2 Å². The van der Waals surface area contributed by atoms with Gasteiger partial charge in [-0.25, -0.2) is 0 Å². The van der Waals surface area contributed by atoms with Crippen molar-refractivity contribution in [3.05, 3.63) is 21.4 Å². The van der Waals surface area contributed by atoms with Gasteiger partial charge in [0.1, 0.15) is 0 Å². The van der Waals surface area contributed by atoms with Gasteiger partial charge in [-0.2, -0.15) is 0 Å². The Labute approximate surface area is 113 Å². The molecule has 18 heavy (non-hydrogen) atoms. The predicted molar refractivity (Wildman–Crippen MR) is 73.4 cm³/mol. The van der Waals surface area contributed by atoms with Crippen molar-refractivity contribution in [2.24, 2.45) is 0 Å². The van der Waals surface area contributed by atoms with Crippen molar-refractivity contribution in [3.63, 3.8) is 0 Å². The molecule has 0 unspecified atom stereocenters. The van der Waals surface area contributed by atoms with Gasteiger partial charge in [0.2, 0.25) is 0 Å². The quantitative estimate of drug-likeness (QED) is 0.762. The number of carbonyl (C=O) groups is 1. The Morgan fingerprint density at radius 3 is 2.17 bits per heavy atom. The van der Waals surface area contributed by atoms with E-state index in [0.717, 1.165) is 11.1 Å². The SMILES string of the molecule is COCCN(CCOC)C(=O)c1csc(C)c1C. The number of amides is 1. The van der Waals surface area contributed by atoms with E-state index in [9.17, 15) is 4.79 Å². The molecule has 0 fully saturated rings. The fraction of sp³-hybridized carbons (Fsp3) is 0.615. The molecule has 0 atom stereocenters. The Kier molecular flexibility index (Phi) is 6.32. The zero-order valence-electron chi connectivity index (χ0n) is 11.5. The number of thiophene rings is 1. The standard InChI is InChI=1S/C13H21NO3S/c1-10-11(2)18-9-12(10)13(15)14(5-7-16-3)6-8-17-4/h9H,5-8H2,1-4H3. The molecular formula is C13H21NO3S. The summed E-state index contributed by atoms with van der Waals surface area (Å²) in [6, 6.07) is 0. The second-order valence-corrected chi connectivity index (χ2v) is 5.19. The summed E-state index contributed by atoms with van der Waals surface area (Å²) in [6.45, 7) is 6.28. The number of aryl methyl sites for hydroxylation is 1. The maximum absolute atomic E-state index is 12.4. The maximum Gasteiger partial charge on any atom is 0.255 e. The molecule has 0 aliphatic heterocycles. The Bertz CT molecular complexity index is 382. The van der Waals surface area contributed by atoms with Gasteiger partial charge in [0, 0.05) is 37.6 Å². The molecule has 0 aromatic carbocycles. The van der Waals surface area contributed by atoms with Gasteiger partial charge in [0.15, 0.2) is 0 Å². The van der Waals surface area contributed by atoms with E-state index >= 15 is 0 Å². The van der Waals surface area contributed by atoms with Crippen molar-refractivity contribution in [2.75, 3.05) is 40.5 Å². The van der Waals surface area contributed by atoms with Crippen LogP contribution in [0.4, 0.5) is 0 Å². The second-order valence-electron chi connectivity index (χ2n) is 4.11. The number of methoxy groups -OCH3 is 2. The van der Waals surface area contributed by atoms with Gasteiger partial charge in [0.25, 0.3) is 5.91 Å². The third-order valence-corrected chi connectivity index (χ3v) is 3.95. The molecule has 1 rings (SSSR count). The average Bonchev–Trinajstić information content (AvgIpc) is 2.69. The van der Waals surface area contributed by atoms with E-state index in [2.05, 4.69) is 0 Å². The number of carbonyl (C=O) groups excluding carboxylic acids is 1. The van der Waals surface area contributed by atoms with Gasteiger partial charge in [-0.05, 0) is 19.4 Å². The Morgan fingerprint density at radius 2 is 1.78 bits per heavy atom. The number of hydrogen-bond donors (Lipinski definition) is 0. The van der Waals surface area contributed by atoms with Crippen molar-refractivity contribution in [1.82, 2.24) is 4.90 Å². The first-order valence-electron chi connectivity index (χ1n) is 5.93. The minimum absolute atomic E-state index is 0.0611. The fourth-order valence-electron chi connectivity index (χ4n) is 1.61. The maximum atomic E-state index is 12.4. The third kappa shape index (κ3) is 3.80. The summed E-state index contributed by atoms with van der Waals surface area (Å²) in [4.78, 5) is 15.4. The molecule has 0 saturated heterocycles. The molecule has 5 heteroatoms. The summed E-state index contributed by atoms with van der Waals surface area (Å²) in [7, 11) is 3.28. The second kappa shape index (κ2) is 7.51. The minimum atomic E-state index is 0.0611. The molecule has 0 aliphatic carbocycles. The first kappa shape index (κ1) is 15.1. The summed E-state index contributed by atoms with van der Waals surface area (Å²) in [6.07, 6.45) is 0. The van der Waals surface area contributed by atoms with Gasteiger partial charge in [-0.15, -0.1) is 11.3 Å². The highest BCUT2D eigenvalue weighted by molar-refractivity contribution is 7.10. The molecule has 0 N–H and O–H groups in total. The normalized spacial score (nSPS) is 10.7. The van der Waals surface area contributed by atoms with E-state index in [1.807, 2.05) is 19.2 Å². The third-order valence-electron chi connectivity index (χ3n) is 2.93. The summed E-state index contributed by atoms with van der Waals surface area (Å²) in [5.41, 5.74) is 1.87. The molecule has 1 amide bonds. The molecule has 1 aromatic rings. The topological polar surface area (TPSA) is 38.8 Å². The number of hydrogen-bond acceptors (Lipinski definition) is 4. The predicted octanol–water partition coefficient (Wildman–Crippen LogP) is 2.10. The molecule has 0 saturated carbocycles. The van der Waals surface area contributed by atoms with Gasteiger partial charge in [-0.1, -0.05) is 0 Å². The molecule has 4 nitrogen and oxygen atoms in total. The zero-order valence-corrected chi connectivity index (χ0v) is 12.3. The number of rotatable bonds is 7. The van der Waals surface area contributed by atoms with Crippen LogP contribution in [0.2, 0.25) is 0 Å². The smallest absolute Gasteiger partial charge is 0.255 e. The van der Waals surface area contributed by atoms with Crippen LogP contribution >= 0.6 is 11.3 Å². The molecule has 0 spiro atoms. The van der Waals surface area contributed by atoms with E-state index in [0.29, 0.717) is 26.3 Å². The van der Waals surface area contributed by atoms with Crippen LogP contribution in [0.25, 0.3) is 0 Å². The van der Waals surface area contributed by atoms with Crippen LogP contribution in [-0.2, 0) is 9.47 Å². The largest absolute Gasteiger partial charge is 0.383 e. The van der Waals surface area contributed by atoms with Crippen molar-refractivity contribution < 1.29 is 14.3 Å². The van der Waals surface area contributed by atoms with Crippen LogP contribution in [0, 0.1) is 13.8 Å². The fourth-order valence-corrected chi connectivity index (χ4v) is 2.47. The molecule has 102 valence electrons. The molecule has 1 heterocycles. The lowest BCUT2D eigenvalue weighted by Crippen LogP contribution is -2.36. The summed E-state index contributed by atoms with van der Waals surface area (Å²) in [5.74, 6) is 0.0611. The van der Waals surface area contributed by atoms with Gasteiger partial charge < -0.3 is 14.4 Å². The van der Waals surface area contributed by atoms with Crippen molar-refractivity contribution in [2.45, 2.75) is 13.8 Å².